The van der Waals surface area contributed by atoms with E-state index in [0.29, 0.717) is 6.42 Å². The van der Waals surface area contributed by atoms with E-state index in [9.17, 15) is 13.2 Å². The van der Waals surface area contributed by atoms with Gasteiger partial charge in [0, 0.05) is 25.2 Å². The van der Waals surface area contributed by atoms with Gasteiger partial charge in [-0.3, -0.25) is 4.79 Å². The summed E-state index contributed by atoms with van der Waals surface area (Å²) in [4.78, 5) is 13.7. The third kappa shape index (κ3) is 3.67. The normalized spacial score (nSPS) is 33.5. The van der Waals surface area contributed by atoms with Gasteiger partial charge in [0.1, 0.15) is 0 Å². The highest BCUT2D eigenvalue weighted by molar-refractivity contribution is 7.91. The zero-order chi connectivity index (χ0) is 14.1. The van der Waals surface area contributed by atoms with Gasteiger partial charge in [-0.1, -0.05) is 0 Å². The number of hydrogen-bond acceptors (Lipinski definition) is 5. The van der Waals surface area contributed by atoms with Crippen LogP contribution in [0.4, 0.5) is 0 Å². The monoisotopic (exact) mass is 289 g/mol. The molecule has 19 heavy (non-hydrogen) atoms. The Labute approximate surface area is 114 Å². The zero-order valence-electron chi connectivity index (χ0n) is 11.6. The SMILES string of the molecule is CN(C(=O)CNC1(C)CCNC1)C1CCS(=O)(=O)C1. The molecule has 6 nitrogen and oxygen atoms in total. The molecule has 2 N–H and O–H groups in total. The van der Waals surface area contributed by atoms with Crippen LogP contribution in [0.3, 0.4) is 0 Å². The highest BCUT2D eigenvalue weighted by Gasteiger charge is 2.34. The van der Waals surface area contributed by atoms with E-state index in [-0.39, 0.29) is 35.5 Å². The van der Waals surface area contributed by atoms with Gasteiger partial charge >= 0.3 is 0 Å². The van der Waals surface area contributed by atoms with Crippen molar-refractivity contribution in [1.82, 2.24) is 15.5 Å². The van der Waals surface area contributed by atoms with Gasteiger partial charge in [-0.05, 0) is 26.3 Å². The maximum atomic E-state index is 12.1. The first-order valence-electron chi connectivity index (χ1n) is 6.73. The smallest absolute Gasteiger partial charge is 0.236 e. The molecule has 2 aliphatic rings. The van der Waals surface area contributed by atoms with Gasteiger partial charge in [-0.25, -0.2) is 8.42 Å². The molecule has 2 atom stereocenters. The molecular weight excluding hydrogens is 266 g/mol. The quantitative estimate of drug-likeness (QED) is 0.692. The molecule has 2 rings (SSSR count). The first kappa shape index (κ1) is 14.7. The first-order valence-corrected chi connectivity index (χ1v) is 8.55. The molecule has 2 heterocycles. The van der Waals surface area contributed by atoms with E-state index in [1.165, 1.54) is 0 Å². The maximum absolute atomic E-state index is 12.1. The second-order valence-electron chi connectivity index (χ2n) is 5.90. The average molecular weight is 289 g/mol. The minimum Gasteiger partial charge on any atom is -0.341 e. The Balaban J connectivity index is 1.83. The lowest BCUT2D eigenvalue weighted by molar-refractivity contribution is -0.130. The number of hydrogen-bond donors (Lipinski definition) is 2. The molecule has 110 valence electrons. The fraction of sp³-hybridized carbons (Fsp3) is 0.917. The fourth-order valence-electron chi connectivity index (χ4n) is 2.67. The Morgan fingerprint density at radius 2 is 2.26 bits per heavy atom. The van der Waals surface area contributed by atoms with Crippen LogP contribution in [0, 0.1) is 0 Å². The van der Waals surface area contributed by atoms with E-state index >= 15 is 0 Å². The standard InChI is InChI=1S/C12H23N3O3S/c1-12(4-5-13-9-12)14-7-11(16)15(2)10-3-6-19(17,18)8-10/h10,13-14H,3-9H2,1-2H3. The minimum atomic E-state index is -2.94. The molecule has 0 aromatic carbocycles. The lowest BCUT2D eigenvalue weighted by Gasteiger charge is -2.28. The van der Waals surface area contributed by atoms with Crippen molar-refractivity contribution < 1.29 is 13.2 Å². The molecule has 0 saturated carbocycles. The number of amides is 1. The Kier molecular flexibility index (Phi) is 4.17. The summed E-state index contributed by atoms with van der Waals surface area (Å²) in [7, 11) is -1.24. The summed E-state index contributed by atoms with van der Waals surface area (Å²) in [6.45, 7) is 4.20. The van der Waals surface area contributed by atoms with Crippen LogP contribution in [0.1, 0.15) is 19.8 Å². The number of sulfone groups is 1. The zero-order valence-corrected chi connectivity index (χ0v) is 12.4. The van der Waals surface area contributed by atoms with Gasteiger partial charge in [-0.2, -0.15) is 0 Å². The van der Waals surface area contributed by atoms with Crippen LogP contribution in [-0.4, -0.2) is 69.0 Å². The minimum absolute atomic E-state index is 0.0295. The Morgan fingerprint density at radius 1 is 1.53 bits per heavy atom. The average Bonchev–Trinajstić information content (AvgIpc) is 2.92. The van der Waals surface area contributed by atoms with Crippen LogP contribution >= 0.6 is 0 Å². The van der Waals surface area contributed by atoms with E-state index in [0.717, 1.165) is 19.5 Å². The lowest BCUT2D eigenvalue weighted by Crippen LogP contribution is -2.50. The van der Waals surface area contributed by atoms with Crippen LogP contribution in [0.5, 0.6) is 0 Å². The van der Waals surface area contributed by atoms with Crippen molar-refractivity contribution in [3.63, 3.8) is 0 Å². The van der Waals surface area contributed by atoms with Crippen molar-refractivity contribution in [2.75, 3.05) is 38.2 Å². The second kappa shape index (κ2) is 5.38. The van der Waals surface area contributed by atoms with E-state index in [1.807, 2.05) is 0 Å². The molecule has 0 aromatic heterocycles. The van der Waals surface area contributed by atoms with Gasteiger partial charge in [0.05, 0.1) is 18.1 Å². The summed E-state index contributed by atoms with van der Waals surface area (Å²) in [5.74, 6) is 0.272. The summed E-state index contributed by atoms with van der Waals surface area (Å²) in [6, 6.07) is -0.159. The van der Waals surface area contributed by atoms with Gasteiger partial charge < -0.3 is 15.5 Å². The van der Waals surface area contributed by atoms with E-state index in [1.54, 1.807) is 11.9 Å². The summed E-state index contributed by atoms with van der Waals surface area (Å²) in [5, 5.41) is 6.54. The molecule has 7 heteroatoms. The second-order valence-corrected chi connectivity index (χ2v) is 8.13. The van der Waals surface area contributed by atoms with Crippen LogP contribution in [0.2, 0.25) is 0 Å². The number of rotatable bonds is 4. The Morgan fingerprint density at radius 3 is 2.79 bits per heavy atom. The van der Waals surface area contributed by atoms with Gasteiger partial charge in [0.25, 0.3) is 0 Å². The number of nitrogens with one attached hydrogen (secondary N) is 2. The number of carbonyl (C=O) groups is 1. The molecule has 2 aliphatic heterocycles. The van der Waals surface area contributed by atoms with Crippen LogP contribution in [0.25, 0.3) is 0 Å². The van der Waals surface area contributed by atoms with E-state index in [2.05, 4.69) is 17.6 Å². The predicted molar refractivity (Wildman–Crippen MR) is 73.7 cm³/mol. The molecular formula is C12H23N3O3S. The molecule has 0 radical (unpaired) electrons. The Bertz CT molecular complexity index is 443. The van der Waals surface area contributed by atoms with Crippen molar-refractivity contribution in [3.8, 4) is 0 Å². The topological polar surface area (TPSA) is 78.5 Å². The van der Waals surface area contributed by atoms with Crippen molar-refractivity contribution in [2.24, 2.45) is 0 Å². The summed E-state index contributed by atoms with van der Waals surface area (Å²) in [6.07, 6.45) is 1.56. The molecule has 0 bridgehead atoms. The molecule has 2 saturated heterocycles. The number of likely N-dealkylation sites (N-methyl/N-ethyl adjacent to an activating group) is 1. The maximum Gasteiger partial charge on any atom is 0.236 e. The highest BCUT2D eigenvalue weighted by Crippen LogP contribution is 2.17. The lowest BCUT2D eigenvalue weighted by atomic mass is 10.0. The van der Waals surface area contributed by atoms with Crippen LogP contribution < -0.4 is 10.6 Å². The summed E-state index contributed by atoms with van der Waals surface area (Å²) in [5.41, 5.74) is -0.0295. The van der Waals surface area contributed by atoms with E-state index < -0.39 is 9.84 Å². The van der Waals surface area contributed by atoms with Gasteiger partial charge in [-0.15, -0.1) is 0 Å². The molecule has 2 fully saturated rings. The van der Waals surface area contributed by atoms with Crippen LogP contribution in [0.15, 0.2) is 0 Å². The van der Waals surface area contributed by atoms with Crippen LogP contribution in [-0.2, 0) is 14.6 Å². The van der Waals surface area contributed by atoms with Crippen molar-refractivity contribution in [2.45, 2.75) is 31.3 Å². The van der Waals surface area contributed by atoms with E-state index in [4.69, 9.17) is 0 Å². The number of carbonyl (C=O) groups excluding carboxylic acids is 1. The summed E-state index contributed by atoms with van der Waals surface area (Å²) >= 11 is 0. The molecule has 2 unspecified atom stereocenters. The summed E-state index contributed by atoms with van der Waals surface area (Å²) < 4.78 is 22.8. The van der Waals surface area contributed by atoms with Gasteiger partial charge in [0.2, 0.25) is 5.91 Å². The highest BCUT2D eigenvalue weighted by atomic mass is 32.2. The molecule has 0 aromatic rings. The van der Waals surface area contributed by atoms with Gasteiger partial charge in [0.15, 0.2) is 9.84 Å². The third-order valence-corrected chi connectivity index (χ3v) is 5.93. The third-order valence-electron chi connectivity index (χ3n) is 4.18. The van der Waals surface area contributed by atoms with Crippen molar-refractivity contribution in [1.29, 1.82) is 0 Å². The fourth-order valence-corrected chi connectivity index (χ4v) is 4.44. The van der Waals surface area contributed by atoms with Crippen molar-refractivity contribution in [3.05, 3.63) is 0 Å². The predicted octanol–water partition coefficient (Wildman–Crippen LogP) is -1.03. The first-order chi connectivity index (χ1) is 8.81. The molecule has 1 amide bonds. The number of nitrogens with zero attached hydrogens (tertiary/aromatic N) is 1. The largest absolute Gasteiger partial charge is 0.341 e. The molecule has 0 aliphatic carbocycles. The Hall–Kier alpha value is -0.660. The molecule has 0 spiro atoms. The van der Waals surface area contributed by atoms with Crippen molar-refractivity contribution >= 4 is 15.7 Å².